The number of hydrogen-bond acceptors (Lipinski definition) is 5. The molecule has 2 aromatic heterocycles. The highest BCUT2D eigenvalue weighted by Crippen LogP contribution is 2.54. The van der Waals surface area contributed by atoms with Gasteiger partial charge in [0.05, 0.1) is 12.6 Å². The molecule has 5 aliphatic rings. The maximum Gasteiger partial charge on any atom is 0.406 e. The molecular weight excluding hydrogens is 461 g/mol. The van der Waals surface area contributed by atoms with E-state index in [-0.39, 0.29) is 16.9 Å². The molecular formula is C23H29F3N8O. The summed E-state index contributed by atoms with van der Waals surface area (Å²) in [5, 5.41) is 4.66. The molecule has 0 unspecified atom stereocenters. The molecule has 0 atom stereocenters. The molecule has 0 radical (unpaired) electrons. The lowest BCUT2D eigenvalue weighted by atomic mass is 9.60. The smallest absolute Gasteiger partial charge is 0.325 e. The summed E-state index contributed by atoms with van der Waals surface area (Å²) < 4.78 is 41.4. The van der Waals surface area contributed by atoms with E-state index < -0.39 is 12.7 Å². The number of amides is 2. The molecule has 3 saturated heterocycles. The molecule has 2 amide bonds. The predicted octanol–water partition coefficient (Wildman–Crippen LogP) is 2.49. The van der Waals surface area contributed by atoms with Gasteiger partial charge in [-0.05, 0) is 25.7 Å². The van der Waals surface area contributed by atoms with Gasteiger partial charge in [-0.1, -0.05) is 0 Å². The van der Waals surface area contributed by atoms with Gasteiger partial charge in [-0.15, -0.1) is 0 Å². The predicted molar refractivity (Wildman–Crippen MR) is 117 cm³/mol. The van der Waals surface area contributed by atoms with E-state index in [9.17, 15) is 18.0 Å². The molecule has 188 valence electrons. The van der Waals surface area contributed by atoms with Crippen LogP contribution in [0.1, 0.15) is 49.3 Å². The van der Waals surface area contributed by atoms with Crippen LogP contribution < -0.4 is 0 Å². The second-order valence-corrected chi connectivity index (χ2v) is 11.6. The molecule has 5 heterocycles. The van der Waals surface area contributed by atoms with Gasteiger partial charge in [0.15, 0.2) is 5.82 Å². The second kappa shape index (κ2) is 7.21. The minimum atomic E-state index is -4.26. The van der Waals surface area contributed by atoms with Gasteiger partial charge in [0.1, 0.15) is 18.7 Å². The molecule has 9 nitrogen and oxygen atoms in total. The summed E-state index contributed by atoms with van der Waals surface area (Å²) in [7, 11) is 0. The molecule has 3 aliphatic heterocycles. The summed E-state index contributed by atoms with van der Waals surface area (Å²) in [6, 6.07) is 0.535. The van der Waals surface area contributed by atoms with Gasteiger partial charge >= 0.3 is 12.2 Å². The van der Waals surface area contributed by atoms with E-state index in [2.05, 4.69) is 20.0 Å². The Balaban J connectivity index is 0.846. The van der Waals surface area contributed by atoms with E-state index in [0.717, 1.165) is 57.9 Å². The van der Waals surface area contributed by atoms with Crippen LogP contribution in [0.4, 0.5) is 18.0 Å². The number of carbonyl (C=O) groups is 1. The first-order chi connectivity index (χ1) is 16.7. The number of urea groups is 1. The van der Waals surface area contributed by atoms with Crippen LogP contribution in [-0.2, 0) is 13.1 Å². The summed E-state index contributed by atoms with van der Waals surface area (Å²) in [6.45, 7) is 4.09. The number of rotatable bonds is 5. The number of halogens is 3. The van der Waals surface area contributed by atoms with Gasteiger partial charge in [-0.25, -0.2) is 19.4 Å². The van der Waals surface area contributed by atoms with Crippen LogP contribution in [0.2, 0.25) is 0 Å². The SMILES string of the molecule is O=C(N1CC2(CC(n3cnc(C4CC4)n3)C2)C1)N1CC2(CN(Cc3nccn3CC(F)(F)F)C2)C1. The van der Waals surface area contributed by atoms with Crippen molar-refractivity contribution in [1.29, 1.82) is 0 Å². The number of likely N-dealkylation sites (tertiary alicyclic amines) is 3. The van der Waals surface area contributed by atoms with E-state index in [0.29, 0.717) is 24.3 Å². The molecule has 2 saturated carbocycles. The van der Waals surface area contributed by atoms with Crippen LogP contribution in [-0.4, -0.2) is 90.5 Å². The first-order valence-corrected chi connectivity index (χ1v) is 12.4. The van der Waals surface area contributed by atoms with Gasteiger partial charge in [-0.3, -0.25) is 4.90 Å². The lowest BCUT2D eigenvalue weighted by molar-refractivity contribution is -0.142. The summed E-state index contributed by atoms with van der Waals surface area (Å²) >= 11 is 0. The zero-order valence-corrected chi connectivity index (χ0v) is 19.5. The Morgan fingerprint density at radius 2 is 1.69 bits per heavy atom. The molecule has 7 rings (SSSR count). The Bertz CT molecular complexity index is 1130. The van der Waals surface area contributed by atoms with E-state index in [4.69, 9.17) is 0 Å². The maximum atomic E-state index is 12.9. The number of carbonyl (C=O) groups excluding carboxylic acids is 1. The van der Waals surface area contributed by atoms with Crippen LogP contribution in [0.3, 0.4) is 0 Å². The average Bonchev–Trinajstić information content (AvgIpc) is 3.26. The van der Waals surface area contributed by atoms with Gasteiger partial charge in [0, 0.05) is 68.4 Å². The minimum Gasteiger partial charge on any atom is -0.325 e. The van der Waals surface area contributed by atoms with Crippen molar-refractivity contribution in [3.8, 4) is 0 Å². The van der Waals surface area contributed by atoms with E-state index in [1.165, 1.54) is 29.8 Å². The highest BCUT2D eigenvalue weighted by atomic mass is 19.4. The van der Waals surface area contributed by atoms with Gasteiger partial charge in [0.2, 0.25) is 0 Å². The fraction of sp³-hybridized carbons (Fsp3) is 0.739. The van der Waals surface area contributed by atoms with E-state index >= 15 is 0 Å². The molecule has 2 spiro atoms. The standard InChI is InChI=1S/C23H29F3N8O/c24-23(25,26)14-31-4-3-27-18(31)7-30-8-22(9-30)12-33(13-22)20(35)32-10-21(11-32)5-17(6-21)34-15-28-19(29-34)16-1-2-16/h3-4,15-17H,1-2,5-14H2. The van der Waals surface area contributed by atoms with E-state index in [1.54, 1.807) is 0 Å². The molecule has 35 heavy (non-hydrogen) atoms. The normalized spacial score (nSPS) is 25.3. The zero-order chi connectivity index (χ0) is 24.0. The van der Waals surface area contributed by atoms with Gasteiger partial charge < -0.3 is 14.4 Å². The molecule has 12 heteroatoms. The van der Waals surface area contributed by atoms with Crippen LogP contribution in [0.15, 0.2) is 18.7 Å². The molecule has 0 aromatic carbocycles. The van der Waals surface area contributed by atoms with Crippen molar-refractivity contribution < 1.29 is 18.0 Å². The largest absolute Gasteiger partial charge is 0.406 e. The van der Waals surface area contributed by atoms with Crippen LogP contribution in [0.5, 0.6) is 0 Å². The first-order valence-electron chi connectivity index (χ1n) is 12.4. The van der Waals surface area contributed by atoms with Crippen LogP contribution >= 0.6 is 0 Å². The Labute approximate surface area is 200 Å². The van der Waals surface area contributed by atoms with Crippen molar-refractivity contribution in [2.45, 2.75) is 56.9 Å². The monoisotopic (exact) mass is 490 g/mol. The second-order valence-electron chi connectivity index (χ2n) is 11.6. The molecule has 5 fully saturated rings. The Hall–Kier alpha value is -2.63. The van der Waals surface area contributed by atoms with Gasteiger partial charge in [-0.2, -0.15) is 18.3 Å². The first kappa shape index (κ1) is 21.6. The number of nitrogens with zero attached hydrogens (tertiary/aromatic N) is 8. The van der Waals surface area contributed by atoms with Crippen molar-refractivity contribution in [1.82, 2.24) is 39.0 Å². The zero-order valence-electron chi connectivity index (χ0n) is 19.5. The maximum absolute atomic E-state index is 12.9. The van der Waals surface area contributed by atoms with Crippen LogP contribution in [0.25, 0.3) is 0 Å². The molecule has 2 aliphatic carbocycles. The summed E-state index contributed by atoms with van der Waals surface area (Å²) in [5.74, 6) is 2.00. The molecule has 2 aromatic rings. The fourth-order valence-electron chi connectivity index (χ4n) is 6.62. The summed E-state index contributed by atoms with van der Waals surface area (Å²) in [6.07, 6.45) is 4.95. The van der Waals surface area contributed by atoms with Crippen molar-refractivity contribution in [2.24, 2.45) is 10.8 Å². The highest BCUT2D eigenvalue weighted by Gasteiger charge is 2.58. The van der Waals surface area contributed by atoms with Crippen molar-refractivity contribution in [3.63, 3.8) is 0 Å². The average molecular weight is 491 g/mol. The lowest BCUT2D eigenvalue weighted by Crippen LogP contribution is -2.75. The number of hydrogen-bond donors (Lipinski definition) is 0. The summed E-state index contributed by atoms with van der Waals surface area (Å²) in [5.41, 5.74) is 0.341. The number of alkyl halides is 3. The Morgan fingerprint density at radius 1 is 1.00 bits per heavy atom. The minimum absolute atomic E-state index is 0.0909. The van der Waals surface area contributed by atoms with Crippen molar-refractivity contribution in [2.75, 3.05) is 39.3 Å². The third-order valence-electron chi connectivity index (χ3n) is 8.46. The molecule has 0 bridgehead atoms. The fourth-order valence-corrected chi connectivity index (χ4v) is 6.62. The lowest BCUT2D eigenvalue weighted by Gasteiger charge is -2.63. The number of imidazole rings is 1. The number of aromatic nitrogens is 5. The third-order valence-corrected chi connectivity index (χ3v) is 8.46. The third kappa shape index (κ3) is 3.80. The van der Waals surface area contributed by atoms with E-state index in [1.807, 2.05) is 20.8 Å². The quantitative estimate of drug-likeness (QED) is 0.644. The topological polar surface area (TPSA) is 75.3 Å². The Kier molecular flexibility index (Phi) is 4.45. The van der Waals surface area contributed by atoms with Crippen LogP contribution in [0, 0.1) is 10.8 Å². The molecule has 0 N–H and O–H groups in total. The Morgan fingerprint density at radius 3 is 2.34 bits per heavy atom. The summed E-state index contributed by atoms with van der Waals surface area (Å²) in [4.78, 5) is 27.5. The van der Waals surface area contributed by atoms with Gasteiger partial charge in [0.25, 0.3) is 0 Å². The van der Waals surface area contributed by atoms with Crippen molar-refractivity contribution >= 4 is 6.03 Å². The highest BCUT2D eigenvalue weighted by molar-refractivity contribution is 5.77. The van der Waals surface area contributed by atoms with Crippen molar-refractivity contribution in [3.05, 3.63) is 30.4 Å².